The molecule has 2 amide bonds. The summed E-state index contributed by atoms with van der Waals surface area (Å²) in [7, 11) is 0. The van der Waals surface area contributed by atoms with Gasteiger partial charge >= 0.3 is 0 Å². The number of benzene rings is 1. The lowest BCUT2D eigenvalue weighted by Crippen LogP contribution is -2.20. The fourth-order valence-electron chi connectivity index (χ4n) is 3.66. The number of nitrogens with two attached hydrogens (primary N) is 1. The molecule has 4 N–H and O–H groups in total. The number of rotatable bonds is 7. The minimum Gasteiger partial charge on any atom is -0.396 e. The summed E-state index contributed by atoms with van der Waals surface area (Å²) in [6, 6.07) is 6.65. The van der Waals surface area contributed by atoms with Crippen LogP contribution in [0.15, 0.2) is 24.3 Å². The first-order chi connectivity index (χ1) is 15.9. The smallest absolute Gasteiger partial charge is 0.276 e. The molecule has 1 aliphatic rings. The summed E-state index contributed by atoms with van der Waals surface area (Å²) in [5.74, 6) is -0.533. The molecule has 3 heterocycles. The minimum absolute atomic E-state index is 0.00816. The summed E-state index contributed by atoms with van der Waals surface area (Å²) < 4.78 is 8.49. The van der Waals surface area contributed by atoms with E-state index in [1.807, 2.05) is 13.8 Å². The quantitative estimate of drug-likeness (QED) is 0.499. The molecule has 10 nitrogen and oxygen atoms in total. The Morgan fingerprint density at radius 2 is 1.97 bits per heavy atom. The van der Waals surface area contributed by atoms with E-state index in [0.29, 0.717) is 42.2 Å². The number of aliphatic hydroxyl groups excluding tert-OH is 1. The predicted octanol–water partition coefficient (Wildman–Crippen LogP) is 2.48. The van der Waals surface area contributed by atoms with E-state index in [2.05, 4.69) is 15.4 Å². The average Bonchev–Trinajstić information content (AvgIpc) is 3.38. The van der Waals surface area contributed by atoms with Gasteiger partial charge in [-0.25, -0.2) is 4.98 Å². The first-order valence-electron chi connectivity index (χ1n) is 11.3. The lowest BCUT2D eigenvalue weighted by molar-refractivity contribution is 0.0968. The number of fused-ring (bicyclic) bond motifs is 1. The standard InChI is InChI=1S/C18H22N6O3.C5H10O/c1-3-24-15(9-11(2)22-24)17(27)21-18-20-13-10-12(16(19)26)5-6-14(13)23(18)7-4-8-25;1-2-4-6-5-3-1/h5-6,9-10,25H,3-4,7-8H2,1-2H3,(H2,19,26)(H,20,21,27);1-5H2. The molecule has 0 radical (unpaired) electrons. The van der Waals surface area contributed by atoms with Crippen LogP contribution in [0.3, 0.4) is 0 Å². The van der Waals surface area contributed by atoms with Crippen molar-refractivity contribution in [2.75, 3.05) is 25.1 Å². The van der Waals surface area contributed by atoms with Crippen LogP contribution in [0.5, 0.6) is 0 Å². The van der Waals surface area contributed by atoms with Gasteiger partial charge in [-0.2, -0.15) is 5.10 Å². The highest BCUT2D eigenvalue weighted by Crippen LogP contribution is 2.22. The maximum atomic E-state index is 12.7. The van der Waals surface area contributed by atoms with Gasteiger partial charge in [-0.15, -0.1) is 0 Å². The number of amides is 2. The highest BCUT2D eigenvalue weighted by atomic mass is 16.5. The number of ether oxygens (including phenoxy) is 1. The molecular weight excluding hydrogens is 424 g/mol. The van der Waals surface area contributed by atoms with E-state index >= 15 is 0 Å². The van der Waals surface area contributed by atoms with Gasteiger partial charge in [-0.3, -0.25) is 19.6 Å². The zero-order valence-electron chi connectivity index (χ0n) is 19.2. The molecule has 1 aromatic carbocycles. The molecule has 3 aromatic rings. The largest absolute Gasteiger partial charge is 0.396 e. The number of nitrogens with zero attached hydrogens (tertiary/aromatic N) is 4. The van der Waals surface area contributed by atoms with Crippen molar-refractivity contribution in [3.05, 3.63) is 41.2 Å². The Balaban J connectivity index is 0.000000442. The molecule has 33 heavy (non-hydrogen) atoms. The van der Waals surface area contributed by atoms with E-state index in [9.17, 15) is 14.7 Å². The minimum atomic E-state index is -0.547. The topological polar surface area (TPSA) is 137 Å². The Labute approximate surface area is 192 Å². The summed E-state index contributed by atoms with van der Waals surface area (Å²) in [6.07, 6.45) is 4.43. The Hall–Kier alpha value is -3.24. The number of hydrogen-bond acceptors (Lipinski definition) is 6. The van der Waals surface area contributed by atoms with E-state index in [4.69, 9.17) is 10.5 Å². The molecule has 0 spiro atoms. The molecule has 1 fully saturated rings. The van der Waals surface area contributed by atoms with Crippen LogP contribution in [0.1, 0.15) is 59.1 Å². The van der Waals surface area contributed by atoms with E-state index in [-0.39, 0.29) is 12.5 Å². The highest BCUT2D eigenvalue weighted by molar-refractivity contribution is 6.03. The van der Waals surface area contributed by atoms with Gasteiger partial charge in [-0.1, -0.05) is 0 Å². The summed E-state index contributed by atoms with van der Waals surface area (Å²) >= 11 is 0. The fourth-order valence-corrected chi connectivity index (χ4v) is 3.66. The molecule has 10 heteroatoms. The third-order valence-electron chi connectivity index (χ3n) is 5.31. The number of aromatic nitrogens is 4. The molecule has 0 saturated carbocycles. The SMILES string of the molecule is C1CCOCC1.CCn1nc(C)cc1C(=O)Nc1nc2cc(C(N)=O)ccc2n1CCCO. The zero-order valence-corrected chi connectivity index (χ0v) is 19.2. The number of hydrogen-bond donors (Lipinski definition) is 3. The van der Waals surface area contributed by atoms with Crippen molar-refractivity contribution in [3.8, 4) is 0 Å². The number of aryl methyl sites for hydroxylation is 3. The van der Waals surface area contributed by atoms with Crippen molar-refractivity contribution in [3.63, 3.8) is 0 Å². The van der Waals surface area contributed by atoms with Crippen LogP contribution in [0.4, 0.5) is 5.95 Å². The first kappa shape index (κ1) is 24.4. The number of imidazole rings is 1. The number of aliphatic hydroxyl groups is 1. The lowest BCUT2D eigenvalue weighted by Gasteiger charge is -2.10. The fraction of sp³-hybridized carbons (Fsp3) is 0.478. The van der Waals surface area contributed by atoms with Gasteiger partial charge in [0.05, 0.1) is 16.7 Å². The molecule has 0 bridgehead atoms. The second-order valence-corrected chi connectivity index (χ2v) is 7.85. The molecule has 1 saturated heterocycles. The van der Waals surface area contributed by atoms with Crippen LogP contribution < -0.4 is 11.1 Å². The number of primary amides is 1. The summed E-state index contributed by atoms with van der Waals surface area (Å²) in [6.45, 7) is 6.77. The summed E-state index contributed by atoms with van der Waals surface area (Å²) in [4.78, 5) is 28.6. The molecule has 1 aliphatic heterocycles. The Bertz CT molecular complexity index is 1090. The molecule has 0 unspecified atom stereocenters. The Morgan fingerprint density at radius 1 is 1.21 bits per heavy atom. The number of anilines is 1. The van der Waals surface area contributed by atoms with Crippen LogP contribution in [-0.2, 0) is 17.8 Å². The molecule has 4 rings (SSSR count). The van der Waals surface area contributed by atoms with Gasteiger partial charge in [0.1, 0.15) is 5.69 Å². The van der Waals surface area contributed by atoms with Gasteiger partial charge in [-0.05, 0) is 63.8 Å². The average molecular weight is 457 g/mol. The maximum Gasteiger partial charge on any atom is 0.276 e. The van der Waals surface area contributed by atoms with Gasteiger partial charge < -0.3 is 20.1 Å². The monoisotopic (exact) mass is 456 g/mol. The van der Waals surface area contributed by atoms with Crippen molar-refractivity contribution in [2.24, 2.45) is 5.73 Å². The van der Waals surface area contributed by atoms with Crippen LogP contribution >= 0.6 is 0 Å². The van der Waals surface area contributed by atoms with Crippen LogP contribution in [0.2, 0.25) is 0 Å². The van der Waals surface area contributed by atoms with Crippen molar-refractivity contribution in [1.82, 2.24) is 19.3 Å². The summed E-state index contributed by atoms with van der Waals surface area (Å²) in [5.41, 5.74) is 8.15. The zero-order chi connectivity index (χ0) is 23.8. The number of carbonyl (C=O) groups is 2. The first-order valence-corrected chi connectivity index (χ1v) is 11.3. The van der Waals surface area contributed by atoms with E-state index in [1.54, 1.807) is 33.5 Å². The molecule has 0 aliphatic carbocycles. The lowest BCUT2D eigenvalue weighted by atomic mass is 10.2. The molecule has 0 atom stereocenters. The van der Waals surface area contributed by atoms with Gasteiger partial charge in [0.2, 0.25) is 11.9 Å². The third-order valence-corrected chi connectivity index (χ3v) is 5.31. The van der Waals surface area contributed by atoms with E-state index in [0.717, 1.165) is 24.4 Å². The van der Waals surface area contributed by atoms with Crippen molar-refractivity contribution in [2.45, 2.75) is 52.6 Å². The Kier molecular flexibility index (Phi) is 8.56. The molecular formula is C23H32N6O4. The van der Waals surface area contributed by atoms with E-state index < -0.39 is 5.91 Å². The predicted molar refractivity (Wildman–Crippen MR) is 125 cm³/mol. The Morgan fingerprint density at radius 3 is 2.55 bits per heavy atom. The summed E-state index contributed by atoms with van der Waals surface area (Å²) in [5, 5.41) is 16.3. The highest BCUT2D eigenvalue weighted by Gasteiger charge is 2.18. The maximum absolute atomic E-state index is 12.7. The van der Waals surface area contributed by atoms with Gasteiger partial charge in [0.15, 0.2) is 0 Å². The van der Waals surface area contributed by atoms with Crippen molar-refractivity contribution in [1.29, 1.82) is 0 Å². The number of nitrogens with one attached hydrogen (secondary N) is 1. The van der Waals surface area contributed by atoms with Gasteiger partial charge in [0, 0.05) is 38.5 Å². The van der Waals surface area contributed by atoms with E-state index in [1.165, 1.54) is 19.3 Å². The second-order valence-electron chi connectivity index (χ2n) is 7.85. The van der Waals surface area contributed by atoms with Crippen molar-refractivity contribution >= 4 is 28.8 Å². The molecule has 178 valence electrons. The van der Waals surface area contributed by atoms with Crippen molar-refractivity contribution < 1.29 is 19.4 Å². The molecule has 2 aromatic heterocycles. The van der Waals surface area contributed by atoms with Gasteiger partial charge in [0.25, 0.3) is 5.91 Å². The van der Waals surface area contributed by atoms with Crippen LogP contribution in [-0.4, -0.2) is 56.1 Å². The normalized spacial score (nSPS) is 13.4. The van der Waals surface area contributed by atoms with Crippen LogP contribution in [0.25, 0.3) is 11.0 Å². The van der Waals surface area contributed by atoms with Crippen LogP contribution in [0, 0.1) is 6.92 Å². The third kappa shape index (κ3) is 6.17. The number of carbonyl (C=O) groups excluding carboxylic acids is 2. The second kappa shape index (κ2) is 11.6.